The first kappa shape index (κ1) is 22.7. The van der Waals surface area contributed by atoms with Crippen LogP contribution in [0.3, 0.4) is 0 Å². The second kappa shape index (κ2) is 9.58. The van der Waals surface area contributed by atoms with Crippen LogP contribution in [0.15, 0.2) is 59.7 Å². The first-order valence-electron chi connectivity index (χ1n) is 11.0. The Bertz CT molecular complexity index is 1350. The summed E-state index contributed by atoms with van der Waals surface area (Å²) in [5.74, 6) is 0.793. The van der Waals surface area contributed by atoms with E-state index < -0.39 is 0 Å². The summed E-state index contributed by atoms with van der Waals surface area (Å²) in [5, 5.41) is 3.49. The Morgan fingerprint density at radius 1 is 1.15 bits per heavy atom. The number of benzene rings is 2. The summed E-state index contributed by atoms with van der Waals surface area (Å²) in [7, 11) is 0. The van der Waals surface area contributed by atoms with Crippen LogP contribution in [-0.2, 0) is 11.3 Å². The molecule has 0 unspecified atom stereocenters. The van der Waals surface area contributed by atoms with E-state index in [1.165, 1.54) is 22.2 Å². The normalized spacial score (nSPS) is 11.2. The molecule has 0 aliphatic rings. The second-order valence-electron chi connectivity index (χ2n) is 8.14. The Kier molecular flexibility index (Phi) is 6.60. The van der Waals surface area contributed by atoms with Crippen molar-refractivity contribution in [1.82, 2.24) is 9.55 Å². The number of fused-ring (bicyclic) bond motifs is 1. The minimum absolute atomic E-state index is 0.105. The molecule has 170 valence electrons. The minimum atomic E-state index is -0.263. The van der Waals surface area contributed by atoms with E-state index in [-0.39, 0.29) is 23.9 Å². The van der Waals surface area contributed by atoms with E-state index in [1.54, 1.807) is 0 Å². The number of aryl methyl sites for hydroxylation is 1. The lowest BCUT2D eigenvalue weighted by atomic mass is 10.0. The van der Waals surface area contributed by atoms with E-state index in [0.717, 1.165) is 33.0 Å². The molecule has 1 amide bonds. The first-order chi connectivity index (χ1) is 15.9. The van der Waals surface area contributed by atoms with Gasteiger partial charge in [0, 0.05) is 16.1 Å². The van der Waals surface area contributed by atoms with Gasteiger partial charge in [0.2, 0.25) is 5.91 Å². The van der Waals surface area contributed by atoms with Crippen LogP contribution < -0.4 is 15.6 Å². The lowest BCUT2D eigenvalue weighted by Crippen LogP contribution is -2.28. The quantitative estimate of drug-likeness (QED) is 0.389. The molecule has 4 aromatic rings. The smallest absolute Gasteiger partial charge is 0.263 e. The number of nitrogens with zero attached hydrogens (tertiary/aromatic N) is 2. The highest BCUT2D eigenvalue weighted by Crippen LogP contribution is 2.36. The Hall–Kier alpha value is -3.45. The Balaban J connectivity index is 1.66. The summed E-state index contributed by atoms with van der Waals surface area (Å²) in [5.41, 5.74) is 3.38. The van der Waals surface area contributed by atoms with Gasteiger partial charge in [0.05, 0.1) is 18.3 Å². The predicted octanol–water partition coefficient (Wildman–Crippen LogP) is 5.59. The summed E-state index contributed by atoms with van der Waals surface area (Å²) in [6.07, 6.45) is 1.45. The number of hydrogen-bond acceptors (Lipinski definition) is 5. The number of aromatic nitrogens is 2. The van der Waals surface area contributed by atoms with Crippen LogP contribution in [0.1, 0.15) is 37.1 Å². The number of nitrogens with one attached hydrogen (secondary N) is 1. The molecule has 6 nitrogen and oxygen atoms in total. The zero-order valence-electron chi connectivity index (χ0n) is 19.2. The molecule has 0 atom stereocenters. The predicted molar refractivity (Wildman–Crippen MR) is 134 cm³/mol. The van der Waals surface area contributed by atoms with E-state index in [9.17, 15) is 9.59 Å². The lowest BCUT2D eigenvalue weighted by Gasteiger charge is -2.14. The molecule has 2 heterocycles. The summed E-state index contributed by atoms with van der Waals surface area (Å²) >= 11 is 1.48. The number of thiophene rings is 1. The zero-order valence-corrected chi connectivity index (χ0v) is 20.0. The van der Waals surface area contributed by atoms with Crippen molar-refractivity contribution >= 4 is 33.1 Å². The molecule has 2 aromatic heterocycles. The number of carbonyl (C=O) groups is 1. The topological polar surface area (TPSA) is 73.2 Å². The van der Waals surface area contributed by atoms with Crippen molar-refractivity contribution < 1.29 is 9.53 Å². The molecule has 0 saturated heterocycles. The molecule has 0 aliphatic carbocycles. The van der Waals surface area contributed by atoms with E-state index in [0.29, 0.717) is 16.8 Å². The van der Waals surface area contributed by atoms with E-state index in [4.69, 9.17) is 4.74 Å². The van der Waals surface area contributed by atoms with E-state index >= 15 is 0 Å². The number of amides is 1. The fourth-order valence-electron chi connectivity index (χ4n) is 3.94. The molecule has 7 heteroatoms. The molecule has 33 heavy (non-hydrogen) atoms. The largest absolute Gasteiger partial charge is 0.494 e. The van der Waals surface area contributed by atoms with Crippen molar-refractivity contribution in [2.24, 2.45) is 0 Å². The Morgan fingerprint density at radius 3 is 2.58 bits per heavy atom. The minimum Gasteiger partial charge on any atom is -0.494 e. The first-order valence-corrected chi connectivity index (χ1v) is 11.8. The van der Waals surface area contributed by atoms with Gasteiger partial charge in [-0.1, -0.05) is 44.2 Å². The van der Waals surface area contributed by atoms with Crippen molar-refractivity contribution in [1.29, 1.82) is 0 Å². The third-order valence-electron chi connectivity index (χ3n) is 5.48. The summed E-state index contributed by atoms with van der Waals surface area (Å²) in [4.78, 5) is 32.3. The Morgan fingerprint density at radius 2 is 1.88 bits per heavy atom. The average molecular weight is 462 g/mol. The van der Waals surface area contributed by atoms with Gasteiger partial charge >= 0.3 is 0 Å². The standard InChI is InChI=1S/C26H27N3O3S/c1-5-32-19-12-10-18(11-13-19)23-17(4)33-25-24(23)26(31)29(15-27-25)14-22(30)28-21-9-7-6-8-20(21)16(2)3/h6-13,15-16H,5,14H2,1-4H3,(H,28,30). The lowest BCUT2D eigenvalue weighted by molar-refractivity contribution is -0.116. The highest BCUT2D eigenvalue weighted by Gasteiger charge is 2.18. The monoisotopic (exact) mass is 461 g/mol. The molecule has 0 aliphatic heterocycles. The van der Waals surface area contributed by atoms with Crippen LogP contribution in [0, 0.1) is 6.92 Å². The molecule has 0 bridgehead atoms. The highest BCUT2D eigenvalue weighted by molar-refractivity contribution is 7.19. The summed E-state index contributed by atoms with van der Waals surface area (Å²) in [6, 6.07) is 15.4. The number of para-hydroxylation sites is 1. The van der Waals surface area contributed by atoms with Crippen molar-refractivity contribution in [2.75, 3.05) is 11.9 Å². The average Bonchev–Trinajstić information content (AvgIpc) is 3.13. The Labute approximate surface area is 196 Å². The fourth-order valence-corrected chi connectivity index (χ4v) is 4.94. The van der Waals surface area contributed by atoms with Gasteiger partial charge in [-0.25, -0.2) is 4.98 Å². The second-order valence-corrected chi connectivity index (χ2v) is 9.34. The summed E-state index contributed by atoms with van der Waals surface area (Å²) < 4.78 is 6.91. The molecule has 2 aromatic carbocycles. The number of anilines is 1. The van der Waals surface area contributed by atoms with Gasteiger partial charge in [-0.3, -0.25) is 14.2 Å². The third kappa shape index (κ3) is 4.68. The zero-order chi connectivity index (χ0) is 23.5. The molecule has 4 rings (SSSR count). The maximum absolute atomic E-state index is 13.4. The van der Waals surface area contributed by atoms with Crippen molar-refractivity contribution in [3.05, 3.63) is 75.7 Å². The van der Waals surface area contributed by atoms with Crippen molar-refractivity contribution in [3.8, 4) is 16.9 Å². The molecular weight excluding hydrogens is 434 g/mol. The summed E-state index contributed by atoms with van der Waals surface area (Å²) in [6.45, 7) is 8.57. The maximum atomic E-state index is 13.4. The number of hydrogen-bond donors (Lipinski definition) is 1. The van der Waals surface area contributed by atoms with E-state index in [2.05, 4.69) is 24.1 Å². The van der Waals surface area contributed by atoms with Crippen molar-refractivity contribution in [3.63, 3.8) is 0 Å². The molecule has 0 spiro atoms. The van der Waals surface area contributed by atoms with Crippen LogP contribution in [-0.4, -0.2) is 22.1 Å². The number of carbonyl (C=O) groups excluding carboxylic acids is 1. The van der Waals surface area contributed by atoms with Crippen LogP contribution in [0.2, 0.25) is 0 Å². The maximum Gasteiger partial charge on any atom is 0.263 e. The highest BCUT2D eigenvalue weighted by atomic mass is 32.1. The molecular formula is C26H27N3O3S. The van der Waals surface area contributed by atoms with Crippen LogP contribution in [0.4, 0.5) is 5.69 Å². The number of ether oxygens (including phenoxy) is 1. The fraction of sp³-hybridized carbons (Fsp3) is 0.269. The number of rotatable bonds is 7. The van der Waals surface area contributed by atoms with Gasteiger partial charge in [-0.2, -0.15) is 0 Å². The third-order valence-corrected chi connectivity index (χ3v) is 6.49. The molecule has 0 saturated carbocycles. The van der Waals surface area contributed by atoms with Gasteiger partial charge in [0.25, 0.3) is 5.56 Å². The molecule has 0 fully saturated rings. The molecule has 0 radical (unpaired) electrons. The van der Waals surface area contributed by atoms with Gasteiger partial charge in [-0.15, -0.1) is 11.3 Å². The van der Waals surface area contributed by atoms with Gasteiger partial charge in [0.1, 0.15) is 17.1 Å². The van der Waals surface area contributed by atoms with E-state index in [1.807, 2.05) is 62.4 Å². The van der Waals surface area contributed by atoms with Gasteiger partial charge in [0.15, 0.2) is 0 Å². The van der Waals surface area contributed by atoms with Crippen LogP contribution in [0.25, 0.3) is 21.3 Å². The SMILES string of the molecule is CCOc1ccc(-c2c(C)sc3ncn(CC(=O)Nc4ccccc4C(C)C)c(=O)c23)cc1. The van der Waals surface area contributed by atoms with Gasteiger partial charge < -0.3 is 10.1 Å². The van der Waals surface area contributed by atoms with Gasteiger partial charge in [-0.05, 0) is 49.1 Å². The molecule has 1 N–H and O–H groups in total. The van der Waals surface area contributed by atoms with Crippen LogP contribution >= 0.6 is 11.3 Å². The van der Waals surface area contributed by atoms with Crippen LogP contribution in [0.5, 0.6) is 5.75 Å². The van der Waals surface area contributed by atoms with Crippen molar-refractivity contribution in [2.45, 2.75) is 40.2 Å².